The lowest BCUT2D eigenvalue weighted by Crippen LogP contribution is -2.51. The first-order chi connectivity index (χ1) is 23.7. The molecule has 0 radical (unpaired) electrons. The minimum Gasteiger partial charge on any atom is -0.443 e. The number of ether oxygens (including phenoxy) is 3. The number of aromatic nitrogens is 1. The van der Waals surface area contributed by atoms with Crippen molar-refractivity contribution >= 4 is 42.8 Å². The summed E-state index contributed by atoms with van der Waals surface area (Å²) in [7, 11) is -4.01. The number of benzene rings is 2. The summed E-state index contributed by atoms with van der Waals surface area (Å²) >= 11 is 1.43. The second-order valence-electron chi connectivity index (χ2n) is 13.7. The number of aliphatic hydroxyl groups is 1. The lowest BCUT2D eigenvalue weighted by Gasteiger charge is -2.31. The van der Waals surface area contributed by atoms with Crippen LogP contribution < -0.4 is 10.6 Å². The van der Waals surface area contributed by atoms with Crippen LogP contribution in [0, 0.1) is 11.8 Å². The van der Waals surface area contributed by atoms with Crippen molar-refractivity contribution in [2.45, 2.75) is 75.4 Å². The summed E-state index contributed by atoms with van der Waals surface area (Å²) < 4.78 is 47.4. The van der Waals surface area contributed by atoms with Crippen molar-refractivity contribution in [3.8, 4) is 0 Å². The Balaban J connectivity index is 1.15. The minimum absolute atomic E-state index is 0.00911. The molecule has 6 rings (SSSR count). The second-order valence-corrected chi connectivity index (χ2v) is 16.6. The van der Waals surface area contributed by atoms with Crippen molar-refractivity contribution in [2.24, 2.45) is 11.8 Å². The minimum atomic E-state index is -4.01. The van der Waals surface area contributed by atoms with Crippen molar-refractivity contribution in [3.05, 3.63) is 54.1 Å². The van der Waals surface area contributed by atoms with Crippen LogP contribution in [0.25, 0.3) is 10.2 Å². The van der Waals surface area contributed by atoms with Crippen LogP contribution in [0.1, 0.15) is 45.1 Å². The van der Waals surface area contributed by atoms with Crippen LogP contribution in [0.15, 0.2) is 53.4 Å². The highest BCUT2D eigenvalue weighted by Gasteiger charge is 2.44. The molecule has 3 aliphatic rings. The van der Waals surface area contributed by atoms with Crippen LogP contribution in [0.2, 0.25) is 0 Å². The number of anilines is 1. The van der Waals surface area contributed by atoms with Crippen LogP contribution in [0.3, 0.4) is 0 Å². The first kappa shape index (κ1) is 36.0. The molecule has 0 spiro atoms. The number of sulfonamides is 1. The fourth-order valence-corrected chi connectivity index (χ4v) is 9.48. The Bertz CT molecular complexity index is 1630. The number of carbonyl (C=O) groups excluding carboxylic acids is 1. The predicted molar refractivity (Wildman–Crippen MR) is 189 cm³/mol. The second kappa shape index (κ2) is 16.4. The van der Waals surface area contributed by atoms with Gasteiger partial charge in [0.15, 0.2) is 11.4 Å². The molecule has 3 N–H and O–H groups in total. The number of fused-ring (bicyclic) bond motifs is 2. The fourth-order valence-electron chi connectivity index (χ4n) is 6.83. The lowest BCUT2D eigenvalue weighted by molar-refractivity contribution is -0.0907. The summed E-state index contributed by atoms with van der Waals surface area (Å²) in [4.78, 5) is 20.4. The normalized spacial score (nSPS) is 22.5. The van der Waals surface area contributed by atoms with E-state index in [0.717, 1.165) is 53.5 Å². The number of aliphatic hydroxyl groups excluding tert-OH is 1. The predicted octanol–water partition coefficient (Wildman–Crippen LogP) is 4.30. The molecule has 0 saturated carbocycles. The van der Waals surface area contributed by atoms with Crippen molar-refractivity contribution in [2.75, 3.05) is 57.8 Å². The van der Waals surface area contributed by atoms with Gasteiger partial charge in [-0.3, -0.25) is 0 Å². The lowest BCUT2D eigenvalue weighted by atomic mass is 10.0. The van der Waals surface area contributed by atoms with Gasteiger partial charge in [0, 0.05) is 26.2 Å². The highest BCUT2D eigenvalue weighted by atomic mass is 32.2. The summed E-state index contributed by atoms with van der Waals surface area (Å²) in [6.07, 6.45) is 1.51. The van der Waals surface area contributed by atoms with Gasteiger partial charge in [-0.15, -0.1) is 0 Å². The SMILES string of the molecule is CC(C)CN(C[C@@H](O)[C@H](CCc1ccccc1)NC(=O)O[C@H]1CO[C@H]2OCC[C@H]21)S(=O)(=O)c1ccc2nc(NCCN3CCCC3)sc2c1. The van der Waals surface area contributed by atoms with E-state index >= 15 is 0 Å². The van der Waals surface area contributed by atoms with E-state index in [1.54, 1.807) is 18.2 Å². The van der Waals surface area contributed by atoms with Gasteiger partial charge in [0.2, 0.25) is 10.0 Å². The number of aryl methyl sites for hydroxylation is 1. The Morgan fingerprint density at radius 3 is 2.71 bits per heavy atom. The van der Waals surface area contributed by atoms with E-state index in [1.807, 2.05) is 44.2 Å². The average Bonchev–Trinajstić information content (AvgIpc) is 3.89. The first-order valence-electron chi connectivity index (χ1n) is 17.4. The fraction of sp³-hybridized carbons (Fsp3) is 0.600. The van der Waals surface area contributed by atoms with E-state index in [-0.39, 0.29) is 42.7 Å². The summed E-state index contributed by atoms with van der Waals surface area (Å²) in [5.41, 5.74) is 1.77. The van der Waals surface area contributed by atoms with Gasteiger partial charge in [0.1, 0.15) is 6.10 Å². The molecule has 0 aliphatic carbocycles. The molecule has 268 valence electrons. The van der Waals surface area contributed by atoms with Crippen molar-refractivity contribution in [1.82, 2.24) is 19.5 Å². The van der Waals surface area contributed by atoms with Gasteiger partial charge in [-0.25, -0.2) is 18.2 Å². The molecular weight excluding hydrogens is 667 g/mol. The topological polar surface area (TPSA) is 143 Å². The van der Waals surface area contributed by atoms with Crippen molar-refractivity contribution < 1.29 is 32.5 Å². The number of alkyl carbamates (subject to hydrolysis) is 1. The summed E-state index contributed by atoms with van der Waals surface area (Å²) in [6.45, 7) is 8.67. The highest BCUT2D eigenvalue weighted by Crippen LogP contribution is 2.33. The van der Waals surface area contributed by atoms with Gasteiger partial charge < -0.3 is 34.9 Å². The molecule has 12 nitrogen and oxygen atoms in total. The molecule has 0 unspecified atom stereocenters. The Morgan fingerprint density at radius 1 is 1.14 bits per heavy atom. The molecule has 4 heterocycles. The summed E-state index contributed by atoms with van der Waals surface area (Å²) in [6, 6.07) is 14.0. The molecule has 49 heavy (non-hydrogen) atoms. The maximum atomic E-state index is 14.2. The maximum Gasteiger partial charge on any atom is 0.407 e. The molecule has 5 atom stereocenters. The van der Waals surface area contributed by atoms with Gasteiger partial charge in [0.05, 0.1) is 46.4 Å². The van der Waals surface area contributed by atoms with Crippen LogP contribution >= 0.6 is 11.3 Å². The molecular formula is C35H49N5O7S2. The maximum absolute atomic E-state index is 14.2. The van der Waals surface area contributed by atoms with Crippen LogP contribution in [0.5, 0.6) is 0 Å². The average molecular weight is 716 g/mol. The van der Waals surface area contributed by atoms with Gasteiger partial charge in [-0.1, -0.05) is 55.5 Å². The molecule has 3 aromatic rings. The molecule has 0 bridgehead atoms. The zero-order valence-electron chi connectivity index (χ0n) is 28.3. The summed E-state index contributed by atoms with van der Waals surface area (Å²) in [5.74, 6) is -0.0343. The number of thiazole rings is 1. The monoisotopic (exact) mass is 715 g/mol. The molecule has 3 saturated heterocycles. The van der Waals surface area contributed by atoms with E-state index in [4.69, 9.17) is 14.2 Å². The van der Waals surface area contributed by atoms with Crippen LogP contribution in [-0.2, 0) is 30.7 Å². The van der Waals surface area contributed by atoms with Gasteiger partial charge in [-0.2, -0.15) is 4.31 Å². The highest BCUT2D eigenvalue weighted by molar-refractivity contribution is 7.89. The van der Waals surface area contributed by atoms with E-state index in [2.05, 4.69) is 20.5 Å². The van der Waals surface area contributed by atoms with E-state index in [9.17, 15) is 18.3 Å². The molecule has 1 amide bonds. The third-order valence-corrected chi connectivity index (χ3v) is 12.3. The Morgan fingerprint density at radius 2 is 1.94 bits per heavy atom. The van der Waals surface area contributed by atoms with E-state index in [0.29, 0.717) is 19.4 Å². The van der Waals surface area contributed by atoms with Crippen LogP contribution in [-0.4, -0.2) is 111 Å². The number of nitrogens with one attached hydrogen (secondary N) is 2. The number of rotatable bonds is 16. The smallest absolute Gasteiger partial charge is 0.407 e. The first-order valence-corrected chi connectivity index (χ1v) is 19.7. The van der Waals surface area contributed by atoms with Crippen molar-refractivity contribution in [1.29, 1.82) is 0 Å². The standard InChI is InChI=1S/C35H49N5O7S2/c1-24(2)21-40(49(43,44)26-11-13-29-32(20-26)48-34(37-29)36-15-18-39-16-6-7-17-39)22-30(41)28(12-10-25-8-4-3-5-9-25)38-35(42)47-31-23-46-33-27(31)14-19-45-33/h3-5,8-9,11,13,20,24,27-28,30-31,33,41H,6-7,10,12,14-19,21-23H2,1-2H3,(H,36,37)(H,38,42)/t27-,28-,30+,31-,33+/m0/s1. The molecule has 2 aromatic carbocycles. The number of likely N-dealkylation sites (tertiary alicyclic amines) is 1. The molecule has 3 aliphatic heterocycles. The molecule has 3 fully saturated rings. The summed E-state index contributed by atoms with van der Waals surface area (Å²) in [5, 5.41) is 18.7. The Kier molecular flexibility index (Phi) is 12.1. The number of hydrogen-bond acceptors (Lipinski definition) is 11. The van der Waals surface area contributed by atoms with E-state index in [1.165, 1.54) is 28.5 Å². The number of hydrogen-bond donors (Lipinski definition) is 3. The number of carbonyl (C=O) groups is 1. The third-order valence-electron chi connectivity index (χ3n) is 9.46. The zero-order valence-corrected chi connectivity index (χ0v) is 30.0. The molecule has 14 heteroatoms. The van der Waals surface area contributed by atoms with E-state index < -0.39 is 34.4 Å². The van der Waals surface area contributed by atoms with Gasteiger partial charge >= 0.3 is 6.09 Å². The quantitative estimate of drug-likeness (QED) is 0.197. The molecule has 1 aromatic heterocycles. The van der Waals surface area contributed by atoms with Gasteiger partial charge in [0.25, 0.3) is 0 Å². The Hall–Kier alpha value is -2.85. The van der Waals surface area contributed by atoms with Crippen molar-refractivity contribution in [3.63, 3.8) is 0 Å². The number of amides is 1. The largest absolute Gasteiger partial charge is 0.443 e. The Labute approximate surface area is 293 Å². The van der Waals surface area contributed by atoms with Gasteiger partial charge in [-0.05, 0) is 74.9 Å². The zero-order chi connectivity index (χ0) is 34.4. The number of nitrogens with zero attached hydrogens (tertiary/aromatic N) is 3. The van der Waals surface area contributed by atoms with Crippen LogP contribution in [0.4, 0.5) is 9.93 Å². The third kappa shape index (κ3) is 9.29.